The molecule has 1 heterocycles. The molecule has 41 heavy (non-hydrogen) atoms. The summed E-state index contributed by atoms with van der Waals surface area (Å²) in [6.07, 6.45) is -5.93. The summed E-state index contributed by atoms with van der Waals surface area (Å²) in [4.78, 5) is 27.6. The van der Waals surface area contributed by atoms with E-state index >= 15 is 0 Å². The Bertz CT molecular complexity index is 1360. The topological polar surface area (TPSA) is 81.7 Å². The minimum absolute atomic E-state index is 0.00478. The Morgan fingerprint density at radius 1 is 0.951 bits per heavy atom. The Balaban J connectivity index is 1.47. The number of carbonyl (C=O) groups excluding carboxylic acids is 2. The molecule has 3 N–H and O–H groups in total. The smallest absolute Gasteiger partial charge is 0.390 e. The number of alkyl halides is 3. The number of amides is 2. The number of rotatable bonds is 10. The van der Waals surface area contributed by atoms with Crippen LogP contribution in [0.5, 0.6) is 0 Å². The second-order valence-corrected chi connectivity index (χ2v) is 10.7. The average Bonchev–Trinajstić information content (AvgIpc) is 3.46. The van der Waals surface area contributed by atoms with Crippen LogP contribution in [-0.2, 0) is 19.1 Å². The second-order valence-electron chi connectivity index (χ2n) is 9.64. The minimum atomic E-state index is -4.50. The van der Waals surface area contributed by atoms with Crippen LogP contribution in [0.3, 0.4) is 0 Å². The summed E-state index contributed by atoms with van der Waals surface area (Å²) >= 11 is 1.63. The predicted molar refractivity (Wildman–Crippen MR) is 145 cm³/mol. The summed E-state index contributed by atoms with van der Waals surface area (Å²) in [5.74, 6) is -1.10. The quantitative estimate of drug-likeness (QED) is 0.299. The van der Waals surface area contributed by atoms with Gasteiger partial charge in [0, 0.05) is 42.6 Å². The zero-order valence-electron chi connectivity index (χ0n) is 21.8. The number of aliphatic hydroxyl groups excluding tert-OH is 1. The highest BCUT2D eigenvalue weighted by Gasteiger charge is 2.30. The van der Waals surface area contributed by atoms with E-state index in [9.17, 15) is 36.6 Å². The van der Waals surface area contributed by atoms with Crippen molar-refractivity contribution in [2.24, 2.45) is 0 Å². The van der Waals surface area contributed by atoms with Crippen molar-refractivity contribution in [3.05, 3.63) is 106 Å². The Hall–Kier alpha value is -3.48. The van der Waals surface area contributed by atoms with E-state index in [1.807, 2.05) is 0 Å². The third-order valence-electron chi connectivity index (χ3n) is 6.51. The molecule has 2 atom stereocenters. The molecule has 0 radical (unpaired) electrons. The SMILES string of the molecule is O=C(N[C@@H](Cc1cc(F)cc(F)c1)[C@H](O)CNCc1cccc(C(F)(F)F)c1)c1cccc(C(=O)N2CCSC2)c1. The van der Waals surface area contributed by atoms with Gasteiger partial charge in [0.25, 0.3) is 11.8 Å². The van der Waals surface area contributed by atoms with E-state index in [0.29, 0.717) is 29.6 Å². The molecule has 0 aromatic heterocycles. The lowest BCUT2D eigenvalue weighted by atomic mass is 9.99. The Morgan fingerprint density at radius 2 is 1.66 bits per heavy atom. The molecule has 2 amide bonds. The molecular weight excluding hydrogens is 565 g/mol. The molecule has 4 rings (SSSR count). The fourth-order valence-electron chi connectivity index (χ4n) is 4.43. The zero-order chi connectivity index (χ0) is 29.6. The van der Waals surface area contributed by atoms with Gasteiger partial charge in [0.15, 0.2) is 0 Å². The van der Waals surface area contributed by atoms with Crippen molar-refractivity contribution >= 4 is 23.6 Å². The molecule has 0 bridgehead atoms. The number of nitrogens with one attached hydrogen (secondary N) is 2. The van der Waals surface area contributed by atoms with Crippen LogP contribution in [0.15, 0.2) is 66.7 Å². The number of hydrogen-bond donors (Lipinski definition) is 3. The number of carbonyl (C=O) groups is 2. The number of halogens is 5. The molecule has 1 saturated heterocycles. The molecule has 3 aromatic rings. The van der Waals surface area contributed by atoms with E-state index in [2.05, 4.69) is 10.6 Å². The molecular formula is C29H28F5N3O3S. The Morgan fingerprint density at radius 3 is 2.34 bits per heavy atom. The van der Waals surface area contributed by atoms with Gasteiger partial charge in [-0.3, -0.25) is 9.59 Å². The highest BCUT2D eigenvalue weighted by Crippen LogP contribution is 2.29. The van der Waals surface area contributed by atoms with E-state index in [0.717, 1.165) is 30.0 Å². The molecule has 1 aliphatic rings. The first-order valence-electron chi connectivity index (χ1n) is 12.8. The van der Waals surface area contributed by atoms with E-state index in [1.165, 1.54) is 24.3 Å². The van der Waals surface area contributed by atoms with E-state index < -0.39 is 41.4 Å². The lowest BCUT2D eigenvalue weighted by molar-refractivity contribution is -0.137. The maximum atomic E-state index is 13.8. The molecule has 6 nitrogen and oxygen atoms in total. The third kappa shape index (κ3) is 8.51. The first-order chi connectivity index (χ1) is 19.5. The molecule has 0 aliphatic carbocycles. The van der Waals surface area contributed by atoms with Crippen LogP contribution in [-0.4, -0.2) is 58.7 Å². The number of benzene rings is 3. The summed E-state index contributed by atoms with van der Waals surface area (Å²) in [6.45, 7) is 0.450. The van der Waals surface area contributed by atoms with Gasteiger partial charge in [-0.1, -0.05) is 24.3 Å². The largest absolute Gasteiger partial charge is 0.416 e. The van der Waals surface area contributed by atoms with Gasteiger partial charge in [-0.05, 0) is 53.9 Å². The maximum absolute atomic E-state index is 13.8. The van der Waals surface area contributed by atoms with Crippen molar-refractivity contribution in [3.63, 3.8) is 0 Å². The number of hydrogen-bond acceptors (Lipinski definition) is 5. The molecule has 1 aliphatic heterocycles. The number of thioether (sulfide) groups is 1. The predicted octanol–water partition coefficient (Wildman–Crippen LogP) is 4.62. The lowest BCUT2D eigenvalue weighted by Crippen LogP contribution is -2.48. The summed E-state index contributed by atoms with van der Waals surface area (Å²) < 4.78 is 66.7. The van der Waals surface area contributed by atoms with Crippen molar-refractivity contribution in [3.8, 4) is 0 Å². The van der Waals surface area contributed by atoms with E-state index in [-0.39, 0.29) is 36.5 Å². The number of nitrogens with zero attached hydrogens (tertiary/aromatic N) is 1. The summed E-state index contributed by atoms with van der Waals surface area (Å²) in [5, 5.41) is 16.5. The average molecular weight is 594 g/mol. The highest BCUT2D eigenvalue weighted by atomic mass is 32.2. The van der Waals surface area contributed by atoms with Crippen molar-refractivity contribution in [1.82, 2.24) is 15.5 Å². The second kappa shape index (κ2) is 13.5. The summed E-state index contributed by atoms with van der Waals surface area (Å²) in [5.41, 5.74) is 0.187. The van der Waals surface area contributed by atoms with E-state index in [4.69, 9.17) is 0 Å². The van der Waals surface area contributed by atoms with Crippen LogP contribution in [0.4, 0.5) is 22.0 Å². The van der Waals surface area contributed by atoms with Gasteiger partial charge in [0.2, 0.25) is 0 Å². The van der Waals surface area contributed by atoms with Crippen molar-refractivity contribution < 1.29 is 36.6 Å². The Labute approximate surface area is 237 Å². The lowest BCUT2D eigenvalue weighted by Gasteiger charge is -2.25. The normalized spacial score (nSPS) is 15.0. The maximum Gasteiger partial charge on any atom is 0.416 e. The van der Waals surface area contributed by atoms with Crippen LogP contribution in [0.2, 0.25) is 0 Å². The Kier molecular flexibility index (Phi) is 10.0. The molecule has 12 heteroatoms. The standard InChI is InChI=1S/C29H28F5N3O3S/c30-23-10-19(11-24(31)14-23)12-25(26(38)16-35-15-18-3-1-6-22(9-18)29(32,33)34)36-27(39)20-4-2-5-21(13-20)28(40)37-7-8-41-17-37/h1-6,9-11,13-14,25-26,35,38H,7-8,12,15-17H2,(H,36,39)/t25-,26+/m0/s1. The molecule has 1 fully saturated rings. The third-order valence-corrected chi connectivity index (χ3v) is 7.47. The monoisotopic (exact) mass is 593 g/mol. The van der Waals surface area contributed by atoms with Crippen LogP contribution in [0.25, 0.3) is 0 Å². The van der Waals surface area contributed by atoms with Gasteiger partial charge < -0.3 is 20.6 Å². The highest BCUT2D eigenvalue weighted by molar-refractivity contribution is 7.99. The molecule has 218 valence electrons. The number of aliphatic hydroxyl groups is 1. The molecule has 0 saturated carbocycles. The zero-order valence-corrected chi connectivity index (χ0v) is 22.6. The van der Waals surface area contributed by atoms with Crippen LogP contribution >= 0.6 is 11.8 Å². The van der Waals surface area contributed by atoms with Crippen LogP contribution < -0.4 is 10.6 Å². The van der Waals surface area contributed by atoms with Gasteiger partial charge in [-0.2, -0.15) is 13.2 Å². The molecule has 0 spiro atoms. The summed E-state index contributed by atoms with van der Waals surface area (Å²) in [6, 6.07) is 12.7. The van der Waals surface area contributed by atoms with Gasteiger partial charge in [-0.15, -0.1) is 11.8 Å². The minimum Gasteiger partial charge on any atom is -0.390 e. The fourth-order valence-corrected chi connectivity index (χ4v) is 5.38. The van der Waals surface area contributed by atoms with Gasteiger partial charge >= 0.3 is 6.18 Å². The van der Waals surface area contributed by atoms with Crippen molar-refractivity contribution in [2.45, 2.75) is 31.3 Å². The molecule has 3 aromatic carbocycles. The van der Waals surface area contributed by atoms with Crippen LogP contribution in [0, 0.1) is 11.6 Å². The van der Waals surface area contributed by atoms with Crippen LogP contribution in [0.1, 0.15) is 37.4 Å². The van der Waals surface area contributed by atoms with Gasteiger partial charge in [-0.25, -0.2) is 8.78 Å². The fraction of sp³-hybridized carbons (Fsp3) is 0.310. The first kappa shape index (κ1) is 30.5. The van der Waals surface area contributed by atoms with Gasteiger partial charge in [0.1, 0.15) is 11.6 Å². The first-order valence-corrected chi connectivity index (χ1v) is 13.9. The van der Waals surface area contributed by atoms with Gasteiger partial charge in [0.05, 0.1) is 23.6 Å². The van der Waals surface area contributed by atoms with Crippen molar-refractivity contribution in [1.29, 1.82) is 0 Å². The van der Waals surface area contributed by atoms with E-state index in [1.54, 1.807) is 28.8 Å². The summed E-state index contributed by atoms with van der Waals surface area (Å²) in [7, 11) is 0. The molecule has 0 unspecified atom stereocenters. The van der Waals surface area contributed by atoms with Crippen molar-refractivity contribution in [2.75, 3.05) is 24.7 Å².